The number of fused-ring (bicyclic) bond motifs is 1. The Bertz CT molecular complexity index is 1350. The van der Waals surface area contributed by atoms with Crippen LogP contribution in [0.5, 0.6) is 11.5 Å². The van der Waals surface area contributed by atoms with E-state index in [9.17, 15) is 18.8 Å². The Morgan fingerprint density at radius 1 is 1.02 bits per heavy atom. The zero-order chi connectivity index (χ0) is 28.1. The second kappa shape index (κ2) is 10.4. The first kappa shape index (κ1) is 27.1. The number of hydrogen-bond donors (Lipinski definition) is 2. The van der Waals surface area contributed by atoms with Crippen molar-refractivity contribution in [2.24, 2.45) is 5.92 Å². The molecular formula is C28H28Cl2FN3O6. The molecule has 40 heavy (non-hydrogen) atoms. The topological polar surface area (TPSA) is 106 Å². The van der Waals surface area contributed by atoms with E-state index in [1.54, 1.807) is 23.1 Å². The van der Waals surface area contributed by atoms with Crippen LogP contribution in [0.4, 0.5) is 10.1 Å². The number of rotatable bonds is 7. The van der Waals surface area contributed by atoms with E-state index in [0.717, 1.165) is 6.07 Å². The zero-order valence-corrected chi connectivity index (χ0v) is 23.0. The highest BCUT2D eigenvalue weighted by Crippen LogP contribution is 2.60. The number of ether oxygens (including phenoxy) is 3. The van der Waals surface area contributed by atoms with E-state index in [1.807, 2.05) is 0 Å². The van der Waals surface area contributed by atoms with Crippen molar-refractivity contribution >= 4 is 46.6 Å². The van der Waals surface area contributed by atoms with Crippen molar-refractivity contribution in [1.82, 2.24) is 10.6 Å². The molecule has 12 heteroatoms. The lowest BCUT2D eigenvalue weighted by atomic mass is 9.44. The molecule has 2 heterocycles. The smallest absolute Gasteiger partial charge is 0.263 e. The first-order chi connectivity index (χ1) is 19.1. The van der Waals surface area contributed by atoms with E-state index in [2.05, 4.69) is 10.6 Å². The Balaban J connectivity index is 1.04. The Hall–Kier alpha value is -3.08. The second-order valence-electron chi connectivity index (χ2n) is 11.0. The summed E-state index contributed by atoms with van der Waals surface area (Å²) in [7, 11) is 0. The lowest BCUT2D eigenvalue weighted by Crippen LogP contribution is -2.84. The molecule has 7 rings (SSSR count). The van der Waals surface area contributed by atoms with Crippen LogP contribution < -0.4 is 25.0 Å². The van der Waals surface area contributed by atoms with Gasteiger partial charge in [0.15, 0.2) is 12.7 Å². The predicted molar refractivity (Wildman–Crippen MR) is 144 cm³/mol. The van der Waals surface area contributed by atoms with Crippen molar-refractivity contribution in [3.8, 4) is 11.5 Å². The summed E-state index contributed by atoms with van der Waals surface area (Å²) < 4.78 is 30.4. The number of nitrogens with zero attached hydrogens (tertiary/aromatic N) is 1. The SMILES string of the molecule is O=C(COc1ccc(Cl)c(F)c1)NC12CC(NC(=O)C3CN(C(=O)C4CCOCC4)c4cc(Cl)ccc4O3)(C1)C2. The van der Waals surface area contributed by atoms with Gasteiger partial charge in [-0.1, -0.05) is 23.2 Å². The molecule has 3 aliphatic carbocycles. The monoisotopic (exact) mass is 591 g/mol. The molecule has 0 aromatic heterocycles. The molecule has 5 aliphatic rings. The van der Waals surface area contributed by atoms with Gasteiger partial charge in [-0.25, -0.2) is 4.39 Å². The van der Waals surface area contributed by atoms with Crippen molar-refractivity contribution in [2.75, 3.05) is 31.3 Å². The zero-order valence-electron chi connectivity index (χ0n) is 21.5. The van der Waals surface area contributed by atoms with E-state index in [-0.39, 0.29) is 47.6 Å². The summed E-state index contributed by atoms with van der Waals surface area (Å²) in [6.45, 7) is 0.869. The number of anilines is 1. The third-order valence-electron chi connectivity index (χ3n) is 8.04. The van der Waals surface area contributed by atoms with Crippen molar-refractivity contribution in [2.45, 2.75) is 49.3 Å². The number of carbonyl (C=O) groups excluding carboxylic acids is 3. The van der Waals surface area contributed by atoms with Gasteiger partial charge in [0.2, 0.25) is 5.91 Å². The molecule has 1 unspecified atom stereocenters. The van der Waals surface area contributed by atoms with Gasteiger partial charge >= 0.3 is 0 Å². The Labute approximate surface area is 240 Å². The Morgan fingerprint density at radius 2 is 1.75 bits per heavy atom. The van der Waals surface area contributed by atoms with E-state index >= 15 is 0 Å². The van der Waals surface area contributed by atoms with E-state index in [0.29, 0.717) is 61.8 Å². The van der Waals surface area contributed by atoms with Gasteiger partial charge in [-0.15, -0.1) is 0 Å². The molecule has 2 aliphatic heterocycles. The lowest BCUT2D eigenvalue weighted by Gasteiger charge is -2.70. The molecule has 3 amide bonds. The van der Waals surface area contributed by atoms with Crippen LogP contribution in [-0.4, -0.2) is 61.3 Å². The number of amides is 3. The molecule has 2 aromatic carbocycles. The average molecular weight is 592 g/mol. The Kier molecular flexibility index (Phi) is 7.04. The van der Waals surface area contributed by atoms with Crippen LogP contribution in [-0.2, 0) is 19.1 Å². The summed E-state index contributed by atoms with van der Waals surface area (Å²) in [5.41, 5.74) is -0.270. The summed E-state index contributed by atoms with van der Waals surface area (Å²) in [6, 6.07) is 9.00. The number of hydrogen-bond acceptors (Lipinski definition) is 6. The Morgan fingerprint density at radius 3 is 2.48 bits per heavy atom. The molecule has 0 spiro atoms. The number of nitrogens with one attached hydrogen (secondary N) is 2. The molecule has 1 saturated heterocycles. The number of halogens is 3. The molecule has 2 N–H and O–H groups in total. The van der Waals surface area contributed by atoms with Gasteiger partial charge < -0.3 is 29.7 Å². The van der Waals surface area contributed by atoms with Crippen LogP contribution in [0.3, 0.4) is 0 Å². The van der Waals surface area contributed by atoms with Crippen LogP contribution in [0.2, 0.25) is 10.0 Å². The molecular weight excluding hydrogens is 564 g/mol. The fraction of sp³-hybridized carbons (Fsp3) is 0.464. The van der Waals surface area contributed by atoms with Gasteiger partial charge in [-0.3, -0.25) is 14.4 Å². The van der Waals surface area contributed by atoms with E-state index < -0.39 is 23.0 Å². The van der Waals surface area contributed by atoms with Gasteiger partial charge in [0.05, 0.1) is 17.3 Å². The predicted octanol–water partition coefficient (Wildman–Crippen LogP) is 3.64. The van der Waals surface area contributed by atoms with Crippen molar-refractivity contribution in [3.63, 3.8) is 0 Å². The first-order valence-corrected chi connectivity index (χ1v) is 14.0. The minimum Gasteiger partial charge on any atom is -0.484 e. The summed E-state index contributed by atoms with van der Waals surface area (Å²) in [4.78, 5) is 40.8. The fourth-order valence-corrected chi connectivity index (χ4v) is 6.49. The molecule has 212 valence electrons. The van der Waals surface area contributed by atoms with Gasteiger partial charge in [-0.05, 0) is 62.4 Å². The minimum atomic E-state index is -0.884. The fourth-order valence-electron chi connectivity index (χ4n) is 6.21. The maximum atomic E-state index is 13.6. The van der Waals surface area contributed by atoms with Crippen molar-refractivity contribution < 1.29 is 33.0 Å². The lowest BCUT2D eigenvalue weighted by molar-refractivity contribution is -0.153. The quantitative estimate of drug-likeness (QED) is 0.509. The summed E-state index contributed by atoms with van der Waals surface area (Å²) in [5.74, 6) is -0.879. The van der Waals surface area contributed by atoms with Gasteiger partial charge in [0.1, 0.15) is 17.3 Å². The van der Waals surface area contributed by atoms with Gasteiger partial charge in [0.25, 0.3) is 11.8 Å². The number of benzene rings is 2. The van der Waals surface area contributed by atoms with Crippen LogP contribution in [0, 0.1) is 11.7 Å². The molecule has 2 bridgehead atoms. The largest absolute Gasteiger partial charge is 0.484 e. The van der Waals surface area contributed by atoms with E-state index in [4.69, 9.17) is 37.4 Å². The van der Waals surface area contributed by atoms with Crippen LogP contribution >= 0.6 is 23.2 Å². The van der Waals surface area contributed by atoms with Crippen LogP contribution in [0.25, 0.3) is 0 Å². The van der Waals surface area contributed by atoms with Crippen molar-refractivity contribution in [1.29, 1.82) is 0 Å². The normalized spacial score (nSPS) is 26.9. The average Bonchev–Trinajstić information content (AvgIpc) is 2.91. The summed E-state index contributed by atoms with van der Waals surface area (Å²) in [6.07, 6.45) is 2.11. The minimum absolute atomic E-state index is 0.0242. The van der Waals surface area contributed by atoms with Crippen molar-refractivity contribution in [3.05, 3.63) is 52.3 Å². The summed E-state index contributed by atoms with van der Waals surface area (Å²) >= 11 is 11.9. The highest BCUT2D eigenvalue weighted by Gasteiger charge is 2.69. The maximum absolute atomic E-state index is 13.6. The third-order valence-corrected chi connectivity index (χ3v) is 8.58. The van der Waals surface area contributed by atoms with Crippen LogP contribution in [0.15, 0.2) is 36.4 Å². The van der Waals surface area contributed by atoms with E-state index in [1.165, 1.54) is 12.1 Å². The first-order valence-electron chi connectivity index (χ1n) is 13.2. The highest BCUT2D eigenvalue weighted by atomic mass is 35.5. The van der Waals surface area contributed by atoms with Crippen LogP contribution in [0.1, 0.15) is 32.1 Å². The highest BCUT2D eigenvalue weighted by molar-refractivity contribution is 6.31. The molecule has 2 aromatic rings. The molecule has 9 nitrogen and oxygen atoms in total. The molecule has 1 atom stereocenters. The number of carbonyl (C=O) groups is 3. The van der Waals surface area contributed by atoms with Gasteiger partial charge in [0, 0.05) is 41.3 Å². The molecule has 3 saturated carbocycles. The standard InChI is InChI=1S/C28H28Cl2FN3O6/c29-17-1-4-22-21(9-17)34(26(37)16-5-7-38-8-6-16)11-23(40-22)25(36)33-28-13-27(14-28,15-28)32-24(35)12-39-18-2-3-19(30)20(31)10-18/h1-4,9-10,16,23H,5-8,11-15H2,(H,32,35)(H,33,36). The molecule has 0 radical (unpaired) electrons. The van der Waals surface area contributed by atoms with Gasteiger partial charge in [-0.2, -0.15) is 0 Å². The molecule has 4 fully saturated rings. The second-order valence-corrected chi connectivity index (χ2v) is 11.9. The third kappa shape index (κ3) is 5.20. The maximum Gasteiger partial charge on any atom is 0.263 e. The summed E-state index contributed by atoms with van der Waals surface area (Å²) in [5, 5.41) is 6.51.